The van der Waals surface area contributed by atoms with E-state index < -0.39 is 0 Å². The summed E-state index contributed by atoms with van der Waals surface area (Å²) in [4.78, 5) is 2.82. The molecular weight excluding hydrogens is 460 g/mol. The van der Waals surface area contributed by atoms with Crippen LogP contribution in [-0.4, -0.2) is 36.4 Å². The molecule has 1 aliphatic heterocycles. The summed E-state index contributed by atoms with van der Waals surface area (Å²) in [6, 6.07) is 43.4. The third-order valence-corrected chi connectivity index (χ3v) is 12.4. The summed E-state index contributed by atoms with van der Waals surface area (Å²) in [5, 5.41) is 6.06. The molecule has 2 atom stereocenters. The monoisotopic (exact) mass is 495 g/mol. The van der Waals surface area contributed by atoms with Crippen LogP contribution < -0.4 is 21.2 Å². The van der Waals surface area contributed by atoms with Crippen molar-refractivity contribution in [1.29, 1.82) is 0 Å². The van der Waals surface area contributed by atoms with E-state index in [2.05, 4.69) is 127 Å². The molecule has 0 spiro atoms. The minimum Gasteiger partial charge on any atom is -0.300 e. The van der Waals surface area contributed by atoms with E-state index >= 15 is 0 Å². The lowest BCUT2D eigenvalue weighted by Crippen LogP contribution is -2.36. The molecule has 0 N–H and O–H groups in total. The van der Waals surface area contributed by atoms with Crippen LogP contribution in [0.2, 0.25) is 0 Å². The Morgan fingerprint density at radius 3 is 1.74 bits per heavy atom. The molecule has 5 rings (SSSR count). The van der Waals surface area contributed by atoms with Crippen LogP contribution in [0.5, 0.6) is 0 Å². The Kier molecular flexibility index (Phi) is 8.43. The zero-order valence-corrected chi connectivity index (χ0v) is 22.4. The van der Waals surface area contributed by atoms with Gasteiger partial charge < -0.3 is 0 Å². The van der Waals surface area contributed by atoms with Crippen molar-refractivity contribution in [3.05, 3.63) is 121 Å². The Labute approximate surface area is 213 Å². The Bertz CT molecular complexity index is 1140. The fourth-order valence-corrected chi connectivity index (χ4v) is 10.4. The molecule has 4 aromatic rings. The molecular formula is C32H35NP2. The smallest absolute Gasteiger partial charge is 0.0141 e. The second-order valence-corrected chi connectivity index (χ2v) is 13.9. The van der Waals surface area contributed by atoms with Gasteiger partial charge in [0, 0.05) is 12.6 Å². The van der Waals surface area contributed by atoms with Crippen molar-refractivity contribution in [3.8, 4) is 0 Å². The first kappa shape index (κ1) is 24.4. The third-order valence-electron chi connectivity index (χ3n) is 7.11. The van der Waals surface area contributed by atoms with E-state index in [1.807, 2.05) is 0 Å². The average molecular weight is 496 g/mol. The van der Waals surface area contributed by atoms with Crippen molar-refractivity contribution in [1.82, 2.24) is 4.90 Å². The summed E-state index contributed by atoms with van der Waals surface area (Å²) in [6.07, 6.45) is 5.14. The van der Waals surface area contributed by atoms with Gasteiger partial charge in [0.25, 0.3) is 0 Å². The first-order chi connectivity index (χ1) is 17.3. The fourth-order valence-electron chi connectivity index (χ4n) is 5.27. The third kappa shape index (κ3) is 6.10. The lowest BCUT2D eigenvalue weighted by molar-refractivity contribution is 0.289. The second-order valence-electron chi connectivity index (χ2n) is 9.39. The first-order valence-electron chi connectivity index (χ1n) is 12.8. The van der Waals surface area contributed by atoms with Crippen LogP contribution in [0.1, 0.15) is 18.4 Å². The number of likely N-dealkylation sites (tertiary alicyclic amines) is 1. The van der Waals surface area contributed by atoms with Gasteiger partial charge in [-0.25, -0.2) is 0 Å². The highest BCUT2D eigenvalue weighted by molar-refractivity contribution is 7.73. The number of rotatable bonds is 9. The molecule has 0 bridgehead atoms. The van der Waals surface area contributed by atoms with Gasteiger partial charge >= 0.3 is 0 Å². The van der Waals surface area contributed by atoms with E-state index in [0.717, 1.165) is 0 Å². The molecule has 4 aromatic carbocycles. The highest BCUT2D eigenvalue weighted by Crippen LogP contribution is 2.39. The van der Waals surface area contributed by atoms with E-state index in [4.69, 9.17) is 0 Å². The summed E-state index contributed by atoms with van der Waals surface area (Å²) >= 11 is 0. The molecule has 0 radical (unpaired) electrons. The minimum atomic E-state index is -0.351. The van der Waals surface area contributed by atoms with Crippen molar-refractivity contribution < 1.29 is 0 Å². The molecule has 1 nitrogen and oxygen atoms in total. The SMILES string of the molecule is Cc1ccccc1P(CCN1CCC[C@H]1CP(c1ccccc1)c1ccccc1)c1ccccc1. The van der Waals surface area contributed by atoms with Crippen molar-refractivity contribution in [2.45, 2.75) is 25.8 Å². The largest absolute Gasteiger partial charge is 0.300 e. The van der Waals surface area contributed by atoms with Crippen LogP contribution in [0.3, 0.4) is 0 Å². The van der Waals surface area contributed by atoms with E-state index in [9.17, 15) is 0 Å². The van der Waals surface area contributed by atoms with Crippen molar-refractivity contribution >= 4 is 37.1 Å². The Balaban J connectivity index is 1.35. The van der Waals surface area contributed by atoms with Gasteiger partial charge in [0.1, 0.15) is 0 Å². The standard InChI is InChI=1S/C32H35NP2/c1-27-14-11-12-22-32(27)34(29-16-5-2-6-17-29)25-24-33-23-13-15-28(33)26-35(30-18-7-3-8-19-30)31-20-9-4-10-21-31/h2-12,14,16-22,28H,13,15,23-26H2,1H3/t28-,34?/m0/s1. The van der Waals surface area contributed by atoms with Crippen LogP contribution in [0, 0.1) is 6.92 Å². The molecule has 178 valence electrons. The highest BCUT2D eigenvalue weighted by atomic mass is 31.1. The average Bonchev–Trinajstić information content (AvgIpc) is 3.37. The van der Waals surface area contributed by atoms with Crippen LogP contribution in [0.4, 0.5) is 0 Å². The maximum atomic E-state index is 2.82. The lowest BCUT2D eigenvalue weighted by Gasteiger charge is -2.31. The molecule has 35 heavy (non-hydrogen) atoms. The zero-order chi connectivity index (χ0) is 23.9. The van der Waals surface area contributed by atoms with E-state index in [1.54, 1.807) is 5.30 Å². The normalized spacial score (nSPS) is 17.0. The summed E-state index contributed by atoms with van der Waals surface area (Å²) in [7, 11) is -0.695. The number of nitrogens with zero attached hydrogens (tertiary/aromatic N) is 1. The first-order valence-corrected chi connectivity index (χ1v) is 15.8. The summed E-state index contributed by atoms with van der Waals surface area (Å²) in [5.74, 6) is 0. The quantitative estimate of drug-likeness (QED) is 0.257. The number of aryl methyl sites for hydroxylation is 1. The van der Waals surface area contributed by atoms with Crippen molar-refractivity contribution in [3.63, 3.8) is 0 Å². The van der Waals surface area contributed by atoms with Gasteiger partial charge in [-0.2, -0.15) is 0 Å². The summed E-state index contributed by atoms with van der Waals surface area (Å²) in [5.41, 5.74) is 1.43. The number of hydrogen-bond donors (Lipinski definition) is 0. The van der Waals surface area contributed by atoms with Crippen LogP contribution in [0.15, 0.2) is 115 Å². The molecule has 3 heteroatoms. The van der Waals surface area contributed by atoms with Crippen LogP contribution >= 0.6 is 15.8 Å². The molecule has 0 amide bonds. The minimum absolute atomic E-state index is 0.344. The molecule has 1 heterocycles. The second kappa shape index (κ2) is 12.1. The van der Waals surface area contributed by atoms with Gasteiger partial charge in [0.2, 0.25) is 0 Å². The van der Waals surface area contributed by atoms with E-state index in [-0.39, 0.29) is 15.8 Å². The van der Waals surface area contributed by atoms with Gasteiger partial charge in [-0.15, -0.1) is 0 Å². The topological polar surface area (TPSA) is 3.24 Å². The highest BCUT2D eigenvalue weighted by Gasteiger charge is 2.29. The van der Waals surface area contributed by atoms with Gasteiger partial charge in [0.15, 0.2) is 0 Å². The molecule has 1 aliphatic rings. The molecule has 1 unspecified atom stereocenters. The molecule has 0 aromatic heterocycles. The van der Waals surface area contributed by atoms with Gasteiger partial charge in [-0.3, -0.25) is 4.90 Å². The number of benzene rings is 4. The predicted molar refractivity (Wildman–Crippen MR) is 157 cm³/mol. The molecule has 1 fully saturated rings. The van der Waals surface area contributed by atoms with Crippen LogP contribution in [0.25, 0.3) is 0 Å². The number of hydrogen-bond acceptors (Lipinski definition) is 1. The lowest BCUT2D eigenvalue weighted by atomic mass is 10.2. The van der Waals surface area contributed by atoms with Gasteiger partial charge in [-0.1, -0.05) is 115 Å². The fraction of sp³-hybridized carbons (Fsp3) is 0.250. The predicted octanol–water partition coefficient (Wildman–Crippen LogP) is 6.03. The Morgan fingerprint density at radius 1 is 0.657 bits per heavy atom. The van der Waals surface area contributed by atoms with Gasteiger partial charge in [-0.05, 0) is 81.3 Å². The van der Waals surface area contributed by atoms with Crippen LogP contribution in [-0.2, 0) is 0 Å². The zero-order valence-electron chi connectivity index (χ0n) is 20.6. The summed E-state index contributed by atoms with van der Waals surface area (Å²) in [6.45, 7) is 4.70. The maximum Gasteiger partial charge on any atom is 0.0141 e. The Hall–Kier alpha value is -2.30. The van der Waals surface area contributed by atoms with Crippen molar-refractivity contribution in [2.24, 2.45) is 0 Å². The van der Waals surface area contributed by atoms with E-state index in [1.165, 1.54) is 59.7 Å². The molecule has 0 saturated carbocycles. The maximum absolute atomic E-state index is 2.82. The van der Waals surface area contributed by atoms with E-state index in [0.29, 0.717) is 6.04 Å². The summed E-state index contributed by atoms with van der Waals surface area (Å²) < 4.78 is 0. The van der Waals surface area contributed by atoms with Gasteiger partial charge in [0.05, 0.1) is 0 Å². The molecule has 0 aliphatic carbocycles. The van der Waals surface area contributed by atoms with Crippen molar-refractivity contribution in [2.75, 3.05) is 25.4 Å². The Morgan fingerprint density at radius 2 is 1.17 bits per heavy atom. The molecule has 1 saturated heterocycles.